The maximum absolute atomic E-state index is 13.2. The van der Waals surface area contributed by atoms with Gasteiger partial charge in [0.15, 0.2) is 0 Å². The lowest BCUT2D eigenvalue weighted by Gasteiger charge is -2.35. The van der Waals surface area contributed by atoms with Crippen molar-refractivity contribution in [1.29, 1.82) is 5.41 Å². The van der Waals surface area contributed by atoms with Crippen molar-refractivity contribution in [2.75, 3.05) is 38.1 Å². The molecule has 0 amide bonds. The fourth-order valence-corrected chi connectivity index (χ4v) is 2.05. The van der Waals surface area contributed by atoms with Crippen molar-refractivity contribution in [2.45, 2.75) is 0 Å². The second kappa shape index (κ2) is 4.71. The topological polar surface area (TPSA) is 56.4 Å². The predicted octanol–water partition coefficient (Wildman–Crippen LogP) is 0.862. The second-order valence-electron chi connectivity index (χ2n) is 4.37. The number of likely N-dealkylation sites (N-methyl/N-ethyl adjacent to an activating group) is 1. The van der Waals surface area contributed by atoms with E-state index in [2.05, 4.69) is 16.8 Å². The molecule has 1 aromatic rings. The number of piperazine rings is 1. The van der Waals surface area contributed by atoms with E-state index in [1.807, 2.05) is 0 Å². The molecule has 1 aliphatic rings. The van der Waals surface area contributed by atoms with Crippen molar-refractivity contribution in [3.05, 3.63) is 29.6 Å². The van der Waals surface area contributed by atoms with Crippen LogP contribution in [0.4, 0.5) is 10.1 Å². The molecule has 1 fully saturated rings. The molecule has 2 rings (SSSR count). The molecule has 0 unspecified atom stereocenters. The number of nitrogens with one attached hydrogen (secondary N) is 1. The van der Waals surface area contributed by atoms with Crippen molar-refractivity contribution >= 4 is 11.5 Å². The third-order valence-corrected chi connectivity index (χ3v) is 3.09. The zero-order valence-corrected chi connectivity index (χ0v) is 9.91. The van der Waals surface area contributed by atoms with E-state index in [4.69, 9.17) is 11.1 Å². The zero-order chi connectivity index (χ0) is 12.4. The molecule has 5 heteroatoms. The summed E-state index contributed by atoms with van der Waals surface area (Å²) in [7, 11) is 2.08. The third kappa shape index (κ3) is 2.55. The Morgan fingerprint density at radius 3 is 2.53 bits per heavy atom. The Balaban J connectivity index is 2.28. The number of hydrogen-bond acceptors (Lipinski definition) is 3. The second-order valence-corrected chi connectivity index (χ2v) is 4.37. The number of nitrogen functional groups attached to an aromatic ring is 1. The number of benzene rings is 1. The van der Waals surface area contributed by atoms with Gasteiger partial charge in [0.05, 0.1) is 0 Å². The van der Waals surface area contributed by atoms with Gasteiger partial charge in [-0.3, -0.25) is 5.41 Å². The largest absolute Gasteiger partial charge is 0.384 e. The minimum absolute atomic E-state index is 0.0848. The minimum Gasteiger partial charge on any atom is -0.384 e. The Hall–Kier alpha value is -1.62. The zero-order valence-electron chi connectivity index (χ0n) is 9.91. The van der Waals surface area contributed by atoms with Gasteiger partial charge in [-0.25, -0.2) is 4.39 Å². The van der Waals surface area contributed by atoms with E-state index in [1.54, 1.807) is 6.07 Å². The first-order valence-corrected chi connectivity index (χ1v) is 5.65. The van der Waals surface area contributed by atoms with E-state index in [1.165, 1.54) is 12.1 Å². The quantitative estimate of drug-likeness (QED) is 0.591. The molecule has 92 valence electrons. The molecule has 0 spiro atoms. The van der Waals surface area contributed by atoms with E-state index in [0.717, 1.165) is 31.9 Å². The van der Waals surface area contributed by atoms with Gasteiger partial charge in [-0.1, -0.05) is 0 Å². The van der Waals surface area contributed by atoms with E-state index >= 15 is 0 Å². The molecule has 0 aliphatic carbocycles. The molecule has 4 nitrogen and oxygen atoms in total. The van der Waals surface area contributed by atoms with Gasteiger partial charge in [-0.2, -0.15) is 0 Å². The van der Waals surface area contributed by atoms with Crippen molar-refractivity contribution in [3.8, 4) is 0 Å². The van der Waals surface area contributed by atoms with Gasteiger partial charge in [0, 0.05) is 37.4 Å². The molecule has 0 atom stereocenters. The van der Waals surface area contributed by atoms with E-state index < -0.39 is 0 Å². The van der Waals surface area contributed by atoms with Gasteiger partial charge < -0.3 is 15.5 Å². The van der Waals surface area contributed by atoms with Gasteiger partial charge in [0.25, 0.3) is 0 Å². The van der Waals surface area contributed by atoms with Crippen LogP contribution in [0.5, 0.6) is 0 Å². The number of amidine groups is 1. The third-order valence-electron chi connectivity index (χ3n) is 3.09. The van der Waals surface area contributed by atoms with Crippen molar-refractivity contribution < 1.29 is 4.39 Å². The van der Waals surface area contributed by atoms with E-state index in [-0.39, 0.29) is 11.7 Å². The van der Waals surface area contributed by atoms with Crippen molar-refractivity contribution in [1.82, 2.24) is 4.90 Å². The summed E-state index contributed by atoms with van der Waals surface area (Å²) in [6, 6.07) is 4.45. The molecule has 1 saturated heterocycles. The van der Waals surface area contributed by atoms with Crippen LogP contribution in [0.3, 0.4) is 0 Å². The van der Waals surface area contributed by atoms with Crippen LogP contribution < -0.4 is 10.6 Å². The smallest absolute Gasteiger partial charge is 0.125 e. The standard InChI is InChI=1S/C12H17FN4/c1-16-4-6-17(7-5-16)11-3-2-9(13)8-10(11)12(14)15/h2-3,8H,4-7H2,1H3,(H3,14,15). The summed E-state index contributed by atoms with van der Waals surface area (Å²) >= 11 is 0. The first-order valence-electron chi connectivity index (χ1n) is 5.65. The van der Waals surface area contributed by atoms with Crippen molar-refractivity contribution in [3.63, 3.8) is 0 Å². The highest BCUT2D eigenvalue weighted by molar-refractivity contribution is 6.00. The molecule has 1 aliphatic heterocycles. The molecular weight excluding hydrogens is 219 g/mol. The van der Waals surface area contributed by atoms with Crippen LogP contribution in [-0.2, 0) is 0 Å². The monoisotopic (exact) mass is 236 g/mol. The van der Waals surface area contributed by atoms with Gasteiger partial charge >= 0.3 is 0 Å². The molecule has 3 N–H and O–H groups in total. The van der Waals surface area contributed by atoms with Crippen LogP contribution in [0.25, 0.3) is 0 Å². The fraction of sp³-hybridized carbons (Fsp3) is 0.417. The van der Waals surface area contributed by atoms with Gasteiger partial charge in [0.1, 0.15) is 11.7 Å². The normalized spacial score (nSPS) is 17.2. The van der Waals surface area contributed by atoms with Gasteiger partial charge in [-0.15, -0.1) is 0 Å². The van der Waals surface area contributed by atoms with Gasteiger partial charge in [0.2, 0.25) is 0 Å². The number of hydrogen-bond donors (Lipinski definition) is 2. The molecular formula is C12H17FN4. The molecule has 0 bridgehead atoms. The number of rotatable bonds is 2. The van der Waals surface area contributed by atoms with Crippen LogP contribution in [-0.4, -0.2) is 44.0 Å². The first kappa shape index (κ1) is 11.9. The SMILES string of the molecule is CN1CCN(c2ccc(F)cc2C(=N)N)CC1. The number of halogens is 1. The van der Waals surface area contributed by atoms with Crippen molar-refractivity contribution in [2.24, 2.45) is 5.73 Å². The average molecular weight is 236 g/mol. The molecule has 1 aromatic carbocycles. The first-order chi connectivity index (χ1) is 8.08. The highest BCUT2D eigenvalue weighted by Gasteiger charge is 2.18. The van der Waals surface area contributed by atoms with Crippen LogP contribution in [0.15, 0.2) is 18.2 Å². The lowest BCUT2D eigenvalue weighted by atomic mass is 10.1. The van der Waals surface area contributed by atoms with Crippen LogP contribution in [0, 0.1) is 11.2 Å². The maximum atomic E-state index is 13.2. The maximum Gasteiger partial charge on any atom is 0.125 e. The molecule has 1 heterocycles. The molecule has 17 heavy (non-hydrogen) atoms. The summed E-state index contributed by atoms with van der Waals surface area (Å²) in [5.74, 6) is -0.438. The average Bonchev–Trinajstić information content (AvgIpc) is 2.30. The summed E-state index contributed by atoms with van der Waals surface area (Å²) in [6.07, 6.45) is 0. The summed E-state index contributed by atoms with van der Waals surface area (Å²) in [5, 5.41) is 7.51. The summed E-state index contributed by atoms with van der Waals surface area (Å²) in [4.78, 5) is 4.39. The summed E-state index contributed by atoms with van der Waals surface area (Å²) < 4.78 is 13.2. The Kier molecular flexibility index (Phi) is 3.28. The Labute approximate surface area is 100 Å². The number of anilines is 1. The van der Waals surface area contributed by atoms with E-state index in [9.17, 15) is 4.39 Å². The predicted molar refractivity (Wildman–Crippen MR) is 67.1 cm³/mol. The molecule has 0 radical (unpaired) electrons. The summed E-state index contributed by atoms with van der Waals surface area (Å²) in [6.45, 7) is 3.69. The van der Waals surface area contributed by atoms with E-state index in [0.29, 0.717) is 5.56 Å². The minimum atomic E-state index is -0.354. The highest BCUT2D eigenvalue weighted by atomic mass is 19.1. The van der Waals surface area contributed by atoms with Crippen LogP contribution in [0.2, 0.25) is 0 Å². The number of nitrogens with two attached hydrogens (primary N) is 1. The Morgan fingerprint density at radius 1 is 1.29 bits per heavy atom. The van der Waals surface area contributed by atoms with Gasteiger partial charge in [-0.05, 0) is 25.2 Å². The van der Waals surface area contributed by atoms with Crippen LogP contribution >= 0.6 is 0 Å². The number of nitrogens with zero attached hydrogens (tertiary/aromatic N) is 2. The van der Waals surface area contributed by atoms with Crippen LogP contribution in [0.1, 0.15) is 5.56 Å². The summed E-state index contributed by atoms with van der Waals surface area (Å²) in [5.41, 5.74) is 6.83. The lowest BCUT2D eigenvalue weighted by Crippen LogP contribution is -2.45. The lowest BCUT2D eigenvalue weighted by molar-refractivity contribution is 0.313. The molecule has 0 aromatic heterocycles. The molecule has 0 saturated carbocycles. The Morgan fingerprint density at radius 2 is 1.94 bits per heavy atom. The fourth-order valence-electron chi connectivity index (χ4n) is 2.05. The Bertz CT molecular complexity index is 425. The highest BCUT2D eigenvalue weighted by Crippen LogP contribution is 2.22.